The van der Waals surface area contributed by atoms with Crippen molar-refractivity contribution in [2.24, 2.45) is 0 Å². The average Bonchev–Trinajstić information content (AvgIpc) is 2.68. The maximum absolute atomic E-state index is 13.0. The van der Waals surface area contributed by atoms with Gasteiger partial charge in [-0.1, -0.05) is 70.2 Å². The highest BCUT2D eigenvalue weighted by Crippen LogP contribution is 2.62. The third-order valence-electron chi connectivity index (χ3n) is 4.09. The molecule has 0 saturated heterocycles. The number of carbonyl (C=O) groups is 3. The zero-order chi connectivity index (χ0) is 20.7. The van der Waals surface area contributed by atoms with E-state index in [0.717, 1.165) is 40.0 Å². The molecule has 27 heavy (non-hydrogen) atoms. The Kier molecular flexibility index (Phi) is 14.4. The molecule has 0 aliphatic carbocycles. The summed E-state index contributed by atoms with van der Waals surface area (Å²) in [6.45, 7) is 0.730. The quantitative estimate of drug-likeness (QED) is 0.127. The van der Waals surface area contributed by atoms with Crippen LogP contribution in [0.4, 0.5) is 0 Å². The van der Waals surface area contributed by atoms with Gasteiger partial charge in [0, 0.05) is 19.8 Å². The average molecular weight is 423 g/mol. The molecule has 0 N–H and O–H groups in total. The summed E-state index contributed by atoms with van der Waals surface area (Å²) >= 11 is 1.00. The standard InChI is InChI=1S/C18H35N2O5PS/c1-5-7-8-9-10-11-12-13-14-25-18(23)17(22)20(4)26(24,19(3)16-21)27-15-6-2/h16H,5-15H2,1-4H3. The van der Waals surface area contributed by atoms with Crippen LogP contribution in [0.1, 0.15) is 71.6 Å². The number of hydrogen-bond donors (Lipinski definition) is 0. The van der Waals surface area contributed by atoms with Crippen molar-refractivity contribution in [3.63, 3.8) is 0 Å². The highest BCUT2D eigenvalue weighted by atomic mass is 32.7. The molecule has 0 heterocycles. The van der Waals surface area contributed by atoms with Gasteiger partial charge >= 0.3 is 18.5 Å². The lowest BCUT2D eigenvalue weighted by Gasteiger charge is -2.31. The summed E-state index contributed by atoms with van der Waals surface area (Å²) in [7, 11) is 2.61. The molecule has 0 aromatic carbocycles. The van der Waals surface area contributed by atoms with Crippen molar-refractivity contribution >= 4 is 36.3 Å². The molecule has 0 aromatic heterocycles. The highest BCUT2D eigenvalue weighted by Gasteiger charge is 2.39. The second-order valence-electron chi connectivity index (χ2n) is 6.44. The molecule has 9 heteroatoms. The molecule has 1 unspecified atom stereocenters. The number of amides is 2. The lowest BCUT2D eigenvalue weighted by atomic mass is 10.1. The summed E-state index contributed by atoms with van der Waals surface area (Å²) in [5.74, 6) is -1.52. The summed E-state index contributed by atoms with van der Waals surface area (Å²) in [6, 6.07) is 0. The zero-order valence-corrected chi connectivity index (χ0v) is 18.9. The number of nitrogens with zero attached hydrogens (tertiary/aromatic N) is 2. The normalized spacial score (nSPS) is 12.9. The molecule has 0 bridgehead atoms. The Morgan fingerprint density at radius 2 is 1.52 bits per heavy atom. The van der Waals surface area contributed by atoms with Gasteiger partial charge in [-0.2, -0.15) is 0 Å². The fourth-order valence-corrected chi connectivity index (χ4v) is 6.66. The predicted octanol–water partition coefficient (Wildman–Crippen LogP) is 4.47. The molecule has 0 fully saturated rings. The van der Waals surface area contributed by atoms with Crippen molar-refractivity contribution in [1.82, 2.24) is 9.34 Å². The SMILES string of the molecule is CCCCCCCCCCOC(=O)C(=O)N(C)P(=O)(SCCC)N(C)C=O. The highest BCUT2D eigenvalue weighted by molar-refractivity contribution is 8.56. The van der Waals surface area contributed by atoms with E-state index in [1.807, 2.05) is 6.92 Å². The van der Waals surface area contributed by atoms with Gasteiger partial charge in [-0.05, 0) is 12.8 Å². The maximum atomic E-state index is 13.0. The van der Waals surface area contributed by atoms with Crippen LogP contribution in [0.5, 0.6) is 0 Å². The first-order chi connectivity index (χ1) is 12.8. The Morgan fingerprint density at radius 3 is 2.04 bits per heavy atom. The number of unbranched alkanes of at least 4 members (excludes halogenated alkanes) is 7. The van der Waals surface area contributed by atoms with E-state index in [1.165, 1.54) is 46.2 Å². The number of ether oxygens (including phenoxy) is 1. The van der Waals surface area contributed by atoms with Crippen molar-refractivity contribution in [3.05, 3.63) is 0 Å². The van der Waals surface area contributed by atoms with Gasteiger partial charge < -0.3 is 4.74 Å². The van der Waals surface area contributed by atoms with Crippen LogP contribution in [0.2, 0.25) is 0 Å². The molecular formula is C18H35N2O5PS. The first kappa shape index (κ1) is 26.0. The van der Waals surface area contributed by atoms with Crippen LogP contribution in [0.3, 0.4) is 0 Å². The fourth-order valence-electron chi connectivity index (χ4n) is 2.37. The number of carbonyl (C=O) groups excluding carboxylic acids is 3. The van der Waals surface area contributed by atoms with Crippen LogP contribution in [0.25, 0.3) is 0 Å². The number of likely N-dealkylation sites (N-methyl/N-ethyl adjacent to an activating group) is 1. The first-order valence-corrected chi connectivity index (χ1v) is 12.9. The van der Waals surface area contributed by atoms with E-state index in [9.17, 15) is 18.9 Å². The molecule has 158 valence electrons. The minimum atomic E-state index is -3.53. The van der Waals surface area contributed by atoms with E-state index < -0.39 is 18.5 Å². The Morgan fingerprint density at radius 1 is 0.963 bits per heavy atom. The van der Waals surface area contributed by atoms with Gasteiger partial charge in [0.05, 0.1) is 6.61 Å². The smallest absolute Gasteiger partial charge is 0.397 e. The number of hydrogen-bond acceptors (Lipinski definition) is 6. The largest absolute Gasteiger partial charge is 0.459 e. The molecule has 0 rings (SSSR count). The third kappa shape index (κ3) is 9.65. The fraction of sp³-hybridized carbons (Fsp3) is 0.833. The Bertz CT molecular complexity index is 504. The van der Waals surface area contributed by atoms with Crippen molar-refractivity contribution < 1.29 is 23.7 Å². The zero-order valence-electron chi connectivity index (χ0n) is 17.1. The first-order valence-electron chi connectivity index (χ1n) is 9.73. The van der Waals surface area contributed by atoms with Crippen LogP contribution in [0, 0.1) is 0 Å². The van der Waals surface area contributed by atoms with Gasteiger partial charge in [-0.3, -0.25) is 23.5 Å². The molecule has 0 saturated carbocycles. The third-order valence-corrected chi connectivity index (χ3v) is 9.92. The molecule has 0 aromatic rings. The van der Waals surface area contributed by atoms with Gasteiger partial charge in [0.2, 0.25) is 6.41 Å². The Hall–Kier alpha value is -1.01. The number of esters is 1. The molecule has 0 radical (unpaired) electrons. The van der Waals surface area contributed by atoms with Crippen molar-refractivity contribution in [1.29, 1.82) is 0 Å². The summed E-state index contributed by atoms with van der Waals surface area (Å²) < 4.78 is 19.8. The van der Waals surface area contributed by atoms with E-state index in [1.54, 1.807) is 0 Å². The predicted molar refractivity (Wildman–Crippen MR) is 111 cm³/mol. The lowest BCUT2D eigenvalue weighted by molar-refractivity contribution is -0.157. The molecular weight excluding hydrogens is 387 g/mol. The van der Waals surface area contributed by atoms with Crippen LogP contribution in [0.15, 0.2) is 0 Å². The molecule has 0 aliphatic heterocycles. The van der Waals surface area contributed by atoms with Gasteiger partial charge in [-0.15, -0.1) is 0 Å². The van der Waals surface area contributed by atoms with Crippen LogP contribution >= 0.6 is 18.0 Å². The van der Waals surface area contributed by atoms with E-state index in [-0.39, 0.29) is 6.61 Å². The van der Waals surface area contributed by atoms with Crippen molar-refractivity contribution in [2.45, 2.75) is 71.6 Å². The van der Waals surface area contributed by atoms with E-state index in [2.05, 4.69) is 6.92 Å². The molecule has 2 amide bonds. The van der Waals surface area contributed by atoms with Gasteiger partial charge in [0.1, 0.15) is 0 Å². The minimum absolute atomic E-state index is 0.170. The van der Waals surface area contributed by atoms with Gasteiger partial charge in [0.15, 0.2) is 0 Å². The molecule has 0 aliphatic rings. The van der Waals surface area contributed by atoms with Gasteiger partial charge in [-0.25, -0.2) is 4.79 Å². The maximum Gasteiger partial charge on any atom is 0.397 e. The topological polar surface area (TPSA) is 84.0 Å². The monoisotopic (exact) mass is 422 g/mol. The summed E-state index contributed by atoms with van der Waals surface area (Å²) in [5.41, 5.74) is 0. The van der Waals surface area contributed by atoms with Crippen molar-refractivity contribution in [3.8, 4) is 0 Å². The molecule has 1 atom stereocenters. The van der Waals surface area contributed by atoms with Crippen LogP contribution < -0.4 is 0 Å². The van der Waals surface area contributed by atoms with Crippen LogP contribution in [-0.4, -0.2) is 54.1 Å². The number of rotatable bonds is 15. The second kappa shape index (κ2) is 15.0. The van der Waals surface area contributed by atoms with Gasteiger partial charge in [0.25, 0.3) is 0 Å². The summed E-state index contributed by atoms with van der Waals surface area (Å²) in [6.07, 6.45) is 10.0. The van der Waals surface area contributed by atoms with E-state index >= 15 is 0 Å². The minimum Gasteiger partial charge on any atom is -0.459 e. The van der Waals surface area contributed by atoms with E-state index in [4.69, 9.17) is 4.74 Å². The van der Waals surface area contributed by atoms with Crippen LogP contribution in [-0.2, 0) is 23.7 Å². The second-order valence-corrected chi connectivity index (χ2v) is 11.5. The molecule has 7 nitrogen and oxygen atoms in total. The Balaban J connectivity index is 4.34. The van der Waals surface area contributed by atoms with Crippen molar-refractivity contribution in [2.75, 3.05) is 26.5 Å². The molecule has 0 spiro atoms. The Labute approximate surface area is 167 Å². The summed E-state index contributed by atoms with van der Waals surface area (Å²) in [5, 5.41) is 0. The van der Waals surface area contributed by atoms with E-state index in [0.29, 0.717) is 18.6 Å². The summed E-state index contributed by atoms with van der Waals surface area (Å²) in [4.78, 5) is 35.3. The lowest BCUT2D eigenvalue weighted by Crippen LogP contribution is -2.35.